The van der Waals surface area contributed by atoms with Crippen molar-refractivity contribution in [3.05, 3.63) is 11.4 Å². The topological polar surface area (TPSA) is 73.8 Å². The summed E-state index contributed by atoms with van der Waals surface area (Å²) < 4.78 is 2.11. The monoisotopic (exact) mass is 276 g/mol. The van der Waals surface area contributed by atoms with Crippen LogP contribution in [-0.4, -0.2) is 20.9 Å². The molecule has 1 unspecified atom stereocenters. The number of rotatable bonds is 5. The number of nitrogens with zero attached hydrogens (tertiary/aromatic N) is 3. The first-order valence-electron chi connectivity index (χ1n) is 7.89. The highest BCUT2D eigenvalue weighted by molar-refractivity contribution is 5.76. The SMILES string of the molecule is CC(C1CCC1)n1nnc(CC(N)=O)c1C1CCCC1. The van der Waals surface area contributed by atoms with Crippen LogP contribution in [0.5, 0.6) is 0 Å². The van der Waals surface area contributed by atoms with Crippen molar-refractivity contribution in [2.75, 3.05) is 0 Å². The highest BCUT2D eigenvalue weighted by Gasteiger charge is 2.32. The lowest BCUT2D eigenvalue weighted by Crippen LogP contribution is -2.26. The highest BCUT2D eigenvalue weighted by atomic mass is 16.1. The maximum atomic E-state index is 11.3. The van der Waals surface area contributed by atoms with Gasteiger partial charge in [0.05, 0.1) is 23.9 Å². The lowest BCUT2D eigenvalue weighted by molar-refractivity contribution is -0.117. The summed E-state index contributed by atoms with van der Waals surface area (Å²) in [4.78, 5) is 11.3. The van der Waals surface area contributed by atoms with Crippen LogP contribution in [0, 0.1) is 5.92 Å². The molecule has 5 heteroatoms. The van der Waals surface area contributed by atoms with E-state index >= 15 is 0 Å². The molecule has 1 atom stereocenters. The molecule has 1 amide bonds. The molecule has 0 aromatic carbocycles. The zero-order valence-electron chi connectivity index (χ0n) is 12.2. The number of carbonyl (C=O) groups excluding carboxylic acids is 1. The van der Waals surface area contributed by atoms with Crippen molar-refractivity contribution in [3.63, 3.8) is 0 Å². The maximum Gasteiger partial charge on any atom is 0.223 e. The van der Waals surface area contributed by atoms with Gasteiger partial charge in [-0.3, -0.25) is 4.79 Å². The lowest BCUT2D eigenvalue weighted by atomic mass is 9.80. The quantitative estimate of drug-likeness (QED) is 0.897. The summed E-state index contributed by atoms with van der Waals surface area (Å²) in [6, 6.07) is 0.397. The Morgan fingerprint density at radius 2 is 2.00 bits per heavy atom. The summed E-state index contributed by atoms with van der Waals surface area (Å²) in [7, 11) is 0. The molecule has 1 aromatic heterocycles. The molecule has 5 nitrogen and oxygen atoms in total. The average Bonchev–Trinajstić information content (AvgIpc) is 2.93. The normalized spacial score (nSPS) is 21.9. The molecule has 0 spiro atoms. The molecule has 20 heavy (non-hydrogen) atoms. The van der Waals surface area contributed by atoms with E-state index < -0.39 is 0 Å². The number of carbonyl (C=O) groups is 1. The van der Waals surface area contributed by atoms with Crippen molar-refractivity contribution in [1.29, 1.82) is 0 Å². The van der Waals surface area contributed by atoms with Crippen LogP contribution in [0.4, 0.5) is 0 Å². The Labute approximate surface area is 119 Å². The molecule has 3 rings (SSSR count). The van der Waals surface area contributed by atoms with E-state index in [1.54, 1.807) is 0 Å². The van der Waals surface area contributed by atoms with Crippen molar-refractivity contribution in [2.24, 2.45) is 11.7 Å². The molecule has 0 bridgehead atoms. The average molecular weight is 276 g/mol. The van der Waals surface area contributed by atoms with Gasteiger partial charge in [-0.05, 0) is 38.5 Å². The summed E-state index contributed by atoms with van der Waals surface area (Å²) in [5.41, 5.74) is 7.37. The molecule has 2 aliphatic carbocycles. The van der Waals surface area contributed by atoms with Gasteiger partial charge in [0.15, 0.2) is 0 Å². The standard InChI is InChI=1S/C15H24N4O/c1-10(11-7-4-8-11)19-15(12-5-2-3-6-12)13(17-18-19)9-14(16)20/h10-12H,2-9H2,1H3,(H2,16,20). The molecule has 0 radical (unpaired) electrons. The van der Waals surface area contributed by atoms with Crippen LogP contribution in [-0.2, 0) is 11.2 Å². The molecular formula is C15H24N4O. The van der Waals surface area contributed by atoms with Crippen LogP contribution in [0.1, 0.15) is 75.2 Å². The van der Waals surface area contributed by atoms with E-state index in [0.717, 1.165) is 11.6 Å². The molecular weight excluding hydrogens is 252 g/mol. The number of amides is 1. The number of aromatic nitrogens is 3. The first-order chi connectivity index (χ1) is 9.66. The van der Waals surface area contributed by atoms with Crippen LogP contribution in [0.25, 0.3) is 0 Å². The predicted octanol–water partition coefficient (Wildman–Crippen LogP) is 2.32. The minimum absolute atomic E-state index is 0.225. The minimum atomic E-state index is -0.312. The van der Waals surface area contributed by atoms with Crippen molar-refractivity contribution >= 4 is 5.91 Å². The van der Waals surface area contributed by atoms with Crippen LogP contribution in [0.3, 0.4) is 0 Å². The van der Waals surface area contributed by atoms with Crippen LogP contribution in [0.15, 0.2) is 0 Å². The van der Waals surface area contributed by atoms with E-state index in [9.17, 15) is 4.79 Å². The summed E-state index contributed by atoms with van der Waals surface area (Å²) in [5.74, 6) is 0.924. The largest absolute Gasteiger partial charge is 0.369 e. The van der Waals surface area contributed by atoms with Gasteiger partial charge in [-0.15, -0.1) is 5.10 Å². The summed E-state index contributed by atoms with van der Waals surface area (Å²) in [6.45, 7) is 2.24. The van der Waals surface area contributed by atoms with E-state index in [2.05, 4.69) is 21.9 Å². The third-order valence-electron chi connectivity index (χ3n) is 5.11. The van der Waals surface area contributed by atoms with Crippen molar-refractivity contribution < 1.29 is 4.79 Å². The van der Waals surface area contributed by atoms with Gasteiger partial charge in [0.1, 0.15) is 0 Å². The molecule has 0 aliphatic heterocycles. The fourth-order valence-electron chi connectivity index (χ4n) is 3.67. The zero-order valence-corrected chi connectivity index (χ0v) is 12.2. The Balaban J connectivity index is 1.91. The van der Waals surface area contributed by atoms with Crippen LogP contribution < -0.4 is 5.73 Å². The van der Waals surface area contributed by atoms with Gasteiger partial charge in [0, 0.05) is 5.92 Å². The van der Waals surface area contributed by atoms with Crippen molar-refractivity contribution in [1.82, 2.24) is 15.0 Å². The third-order valence-corrected chi connectivity index (χ3v) is 5.11. The fraction of sp³-hybridized carbons (Fsp3) is 0.800. The number of primary amides is 1. The minimum Gasteiger partial charge on any atom is -0.369 e. The Morgan fingerprint density at radius 1 is 1.30 bits per heavy atom. The molecule has 110 valence electrons. The second kappa shape index (κ2) is 5.54. The number of hydrogen-bond donors (Lipinski definition) is 1. The van der Waals surface area contributed by atoms with E-state index in [-0.39, 0.29) is 12.3 Å². The fourth-order valence-corrected chi connectivity index (χ4v) is 3.67. The predicted molar refractivity (Wildman–Crippen MR) is 76.2 cm³/mol. The van der Waals surface area contributed by atoms with E-state index in [0.29, 0.717) is 12.0 Å². The molecule has 2 fully saturated rings. The third kappa shape index (κ3) is 2.45. The van der Waals surface area contributed by atoms with Gasteiger partial charge in [-0.2, -0.15) is 0 Å². The molecule has 2 saturated carbocycles. The lowest BCUT2D eigenvalue weighted by Gasteiger charge is -2.32. The van der Waals surface area contributed by atoms with Gasteiger partial charge >= 0.3 is 0 Å². The molecule has 0 saturated heterocycles. The zero-order chi connectivity index (χ0) is 14.1. The molecule has 1 aromatic rings. The van der Waals surface area contributed by atoms with Crippen LogP contribution >= 0.6 is 0 Å². The van der Waals surface area contributed by atoms with E-state index in [4.69, 9.17) is 5.73 Å². The summed E-state index contributed by atoms with van der Waals surface area (Å²) >= 11 is 0. The number of nitrogens with two attached hydrogens (primary N) is 1. The van der Waals surface area contributed by atoms with Gasteiger partial charge in [0.25, 0.3) is 0 Å². The van der Waals surface area contributed by atoms with Crippen molar-refractivity contribution in [2.45, 2.75) is 70.3 Å². The van der Waals surface area contributed by atoms with Gasteiger partial charge in [0.2, 0.25) is 5.91 Å². The smallest absolute Gasteiger partial charge is 0.223 e. The van der Waals surface area contributed by atoms with Crippen LogP contribution in [0.2, 0.25) is 0 Å². The molecule has 2 N–H and O–H groups in total. The van der Waals surface area contributed by atoms with Crippen molar-refractivity contribution in [3.8, 4) is 0 Å². The Bertz CT molecular complexity index is 486. The number of hydrogen-bond acceptors (Lipinski definition) is 3. The van der Waals surface area contributed by atoms with E-state index in [1.807, 2.05) is 0 Å². The first kappa shape index (κ1) is 13.6. The second-order valence-corrected chi connectivity index (χ2v) is 6.42. The van der Waals surface area contributed by atoms with Gasteiger partial charge < -0.3 is 5.73 Å². The molecule has 2 aliphatic rings. The maximum absolute atomic E-state index is 11.3. The Morgan fingerprint density at radius 3 is 2.55 bits per heavy atom. The second-order valence-electron chi connectivity index (χ2n) is 6.42. The Hall–Kier alpha value is -1.39. The van der Waals surface area contributed by atoms with Gasteiger partial charge in [-0.25, -0.2) is 4.68 Å². The molecule has 1 heterocycles. The highest BCUT2D eigenvalue weighted by Crippen LogP contribution is 2.40. The van der Waals surface area contributed by atoms with Gasteiger partial charge in [-0.1, -0.05) is 24.5 Å². The Kier molecular flexibility index (Phi) is 3.76. The summed E-state index contributed by atoms with van der Waals surface area (Å²) in [6.07, 6.45) is 9.05. The summed E-state index contributed by atoms with van der Waals surface area (Å²) in [5, 5.41) is 8.65. The van der Waals surface area contributed by atoms with E-state index in [1.165, 1.54) is 50.6 Å². The first-order valence-corrected chi connectivity index (χ1v) is 7.89.